The summed E-state index contributed by atoms with van der Waals surface area (Å²) in [6.45, 7) is 8.55. The first-order valence-electron chi connectivity index (χ1n) is 18.9. The van der Waals surface area contributed by atoms with Crippen LogP contribution in [0.2, 0.25) is 10.0 Å². The second kappa shape index (κ2) is 15.2. The average molecular weight is 814 g/mol. The number of nitrogens with zero attached hydrogens (tertiary/aromatic N) is 5. The van der Waals surface area contributed by atoms with E-state index in [2.05, 4.69) is 50.7 Å². The van der Waals surface area contributed by atoms with Gasteiger partial charge in [-0.1, -0.05) is 54.8 Å². The second-order valence-corrected chi connectivity index (χ2v) is 19.0. The maximum absolute atomic E-state index is 15.7. The maximum Gasteiger partial charge on any atom is 0.245 e. The fraction of sp³-hybridized carbons (Fsp3) is 0.500. The third-order valence-electron chi connectivity index (χ3n) is 11.8. The monoisotopic (exact) mass is 812 g/mol. The van der Waals surface area contributed by atoms with Crippen LogP contribution in [0.5, 0.6) is 11.6 Å². The van der Waals surface area contributed by atoms with Gasteiger partial charge < -0.3 is 19.6 Å². The normalized spacial score (nSPS) is 22.9. The highest BCUT2D eigenvalue weighted by Gasteiger charge is 2.42. The number of allylic oxidation sites excluding steroid dienone is 1. The Labute approximate surface area is 331 Å². The number of sulfonamides is 1. The van der Waals surface area contributed by atoms with Gasteiger partial charge in [0.2, 0.25) is 15.9 Å². The van der Waals surface area contributed by atoms with E-state index in [0.29, 0.717) is 86.4 Å². The van der Waals surface area contributed by atoms with Gasteiger partial charge in [0.25, 0.3) is 0 Å². The number of hydrogen-bond donors (Lipinski definition) is 2. The number of aromatic amines is 1. The Hall–Kier alpha value is -3.30. The molecule has 3 aliphatic heterocycles. The number of nitrogens with one attached hydrogen (secondary N) is 1. The van der Waals surface area contributed by atoms with Crippen LogP contribution < -0.4 is 4.74 Å². The Balaban J connectivity index is 1.05. The zero-order chi connectivity index (χ0) is 38.5. The Bertz CT molecular complexity index is 2190. The number of likely N-dealkylation sites (tertiary alicyclic amines) is 1. The van der Waals surface area contributed by atoms with Crippen molar-refractivity contribution in [3.8, 4) is 11.6 Å². The molecule has 3 saturated heterocycles. The van der Waals surface area contributed by atoms with Crippen molar-refractivity contribution in [1.29, 1.82) is 0 Å². The summed E-state index contributed by atoms with van der Waals surface area (Å²) in [5, 5.41) is 12.6. The van der Waals surface area contributed by atoms with E-state index in [1.165, 1.54) is 33.9 Å². The van der Waals surface area contributed by atoms with Crippen LogP contribution in [0.3, 0.4) is 0 Å². The van der Waals surface area contributed by atoms with Gasteiger partial charge in [-0.15, -0.1) is 0 Å². The Morgan fingerprint density at radius 3 is 2.51 bits per heavy atom. The van der Waals surface area contributed by atoms with Crippen molar-refractivity contribution in [2.75, 3.05) is 59.1 Å². The standard InChI is InChI=1S/C40H47Cl2FN6O5S/c1-39(2)9-7-27(32(18-39)26-3-5-28(41)6-4-26)21-47-15-16-49(34(22-47)36-31-8-12-44-37(31)45-20-35(36)50)55(51,52)30-17-33(42)38(46-19-30)54-25-40(43)10-13-48(14-11-40)29-23-53-24-29/h3-6,8,12,17,19-20,29,34,50H,7,9-11,13-16,18,21-25H2,1-2H3,(H,44,45). The molecule has 0 amide bonds. The molecule has 1 unspecified atom stereocenters. The fourth-order valence-electron chi connectivity index (χ4n) is 8.45. The SMILES string of the molecule is CC1(C)CCC(CN2CCN(S(=O)(=O)c3cnc(OCC4(F)CCN(C5COC5)CC4)c(Cl)c3)C(c3c(O)cnc4[nH]ccc34)C2)=C(c2ccc(Cl)cc2)C1. The fourth-order valence-corrected chi connectivity index (χ4v) is 10.4. The molecule has 0 saturated carbocycles. The van der Waals surface area contributed by atoms with Crippen LogP contribution in [-0.4, -0.2) is 113 Å². The lowest BCUT2D eigenvalue weighted by Gasteiger charge is -2.43. The van der Waals surface area contributed by atoms with Crippen LogP contribution in [0.4, 0.5) is 4.39 Å². The number of halogens is 3. The summed E-state index contributed by atoms with van der Waals surface area (Å²) in [7, 11) is -4.21. The Morgan fingerprint density at radius 1 is 1.04 bits per heavy atom. The van der Waals surface area contributed by atoms with E-state index in [1.54, 1.807) is 12.3 Å². The highest BCUT2D eigenvalue weighted by molar-refractivity contribution is 7.89. The summed E-state index contributed by atoms with van der Waals surface area (Å²) in [5.74, 6) is -0.110. The van der Waals surface area contributed by atoms with Gasteiger partial charge in [0, 0.05) is 61.4 Å². The number of aromatic hydroxyl groups is 1. The van der Waals surface area contributed by atoms with E-state index in [0.717, 1.165) is 24.8 Å². The van der Waals surface area contributed by atoms with Crippen molar-refractivity contribution in [2.24, 2.45) is 5.41 Å². The third-order valence-corrected chi connectivity index (χ3v) is 14.2. The average Bonchev–Trinajstić information content (AvgIpc) is 3.61. The number of piperazine rings is 1. The van der Waals surface area contributed by atoms with Crippen LogP contribution >= 0.6 is 23.2 Å². The van der Waals surface area contributed by atoms with E-state index < -0.39 is 21.7 Å². The number of alkyl halides is 1. The number of H-pyrrole nitrogens is 1. The summed E-state index contributed by atoms with van der Waals surface area (Å²) in [5.41, 5.74) is 3.39. The molecule has 0 spiro atoms. The van der Waals surface area contributed by atoms with Crippen LogP contribution in [0.1, 0.15) is 63.1 Å². The van der Waals surface area contributed by atoms with Crippen molar-refractivity contribution < 1.29 is 27.4 Å². The summed E-state index contributed by atoms with van der Waals surface area (Å²) < 4.78 is 57.4. The smallest absolute Gasteiger partial charge is 0.245 e. The summed E-state index contributed by atoms with van der Waals surface area (Å²) in [4.78, 5) is 16.1. The molecule has 1 atom stereocenters. The zero-order valence-electron chi connectivity index (χ0n) is 31.1. The minimum absolute atomic E-state index is 0.0185. The lowest BCUT2D eigenvalue weighted by Crippen LogP contribution is -2.55. The minimum atomic E-state index is -4.21. The zero-order valence-corrected chi connectivity index (χ0v) is 33.4. The highest BCUT2D eigenvalue weighted by atomic mass is 35.5. The van der Waals surface area contributed by atoms with E-state index in [9.17, 15) is 13.5 Å². The van der Waals surface area contributed by atoms with Crippen molar-refractivity contribution in [1.82, 2.24) is 29.1 Å². The molecule has 3 fully saturated rings. The predicted molar refractivity (Wildman–Crippen MR) is 211 cm³/mol. The van der Waals surface area contributed by atoms with Gasteiger partial charge in [-0.3, -0.25) is 9.80 Å². The van der Waals surface area contributed by atoms with E-state index in [-0.39, 0.29) is 40.1 Å². The second-order valence-electron chi connectivity index (χ2n) is 16.2. The first kappa shape index (κ1) is 38.6. The highest BCUT2D eigenvalue weighted by Crippen LogP contribution is 2.45. The molecule has 8 rings (SSSR count). The molecule has 55 heavy (non-hydrogen) atoms. The maximum atomic E-state index is 15.7. The lowest BCUT2D eigenvalue weighted by atomic mass is 9.72. The molecule has 6 heterocycles. The quantitative estimate of drug-likeness (QED) is 0.170. The number of piperidine rings is 1. The van der Waals surface area contributed by atoms with E-state index in [1.807, 2.05) is 12.1 Å². The van der Waals surface area contributed by atoms with Crippen LogP contribution in [0.25, 0.3) is 16.6 Å². The van der Waals surface area contributed by atoms with Crippen molar-refractivity contribution in [3.05, 3.63) is 81.7 Å². The molecular formula is C40H47Cl2FN6O5S. The largest absolute Gasteiger partial charge is 0.506 e. The molecule has 1 aromatic carbocycles. The molecule has 0 radical (unpaired) electrons. The van der Waals surface area contributed by atoms with Gasteiger partial charge in [-0.2, -0.15) is 4.31 Å². The van der Waals surface area contributed by atoms with Gasteiger partial charge in [0.15, 0.2) is 0 Å². The topological polar surface area (TPSA) is 124 Å². The molecule has 4 aromatic rings. The van der Waals surface area contributed by atoms with Crippen molar-refractivity contribution in [3.63, 3.8) is 0 Å². The predicted octanol–water partition coefficient (Wildman–Crippen LogP) is 7.26. The number of hydrogen-bond acceptors (Lipinski definition) is 9. The molecule has 3 aromatic heterocycles. The van der Waals surface area contributed by atoms with Crippen LogP contribution in [0.15, 0.2) is 65.5 Å². The molecule has 1 aliphatic carbocycles. The number of benzene rings is 1. The number of ether oxygens (including phenoxy) is 2. The minimum Gasteiger partial charge on any atom is -0.506 e. The van der Waals surface area contributed by atoms with Gasteiger partial charge in [-0.25, -0.2) is 22.8 Å². The van der Waals surface area contributed by atoms with Gasteiger partial charge >= 0.3 is 0 Å². The molecule has 4 aliphatic rings. The van der Waals surface area contributed by atoms with Crippen LogP contribution in [-0.2, 0) is 14.8 Å². The van der Waals surface area contributed by atoms with Gasteiger partial charge in [0.05, 0.1) is 37.7 Å². The summed E-state index contributed by atoms with van der Waals surface area (Å²) >= 11 is 12.9. The van der Waals surface area contributed by atoms with Crippen molar-refractivity contribution >= 4 is 49.8 Å². The Kier molecular flexibility index (Phi) is 10.7. The van der Waals surface area contributed by atoms with Gasteiger partial charge in [-0.05, 0) is 72.9 Å². The first-order valence-corrected chi connectivity index (χ1v) is 21.1. The number of aromatic nitrogens is 3. The molecule has 15 heteroatoms. The molecule has 2 N–H and O–H groups in total. The van der Waals surface area contributed by atoms with Crippen LogP contribution in [0, 0.1) is 5.41 Å². The summed E-state index contributed by atoms with van der Waals surface area (Å²) in [6.07, 6.45) is 7.82. The first-order chi connectivity index (χ1) is 26.3. The molecule has 11 nitrogen and oxygen atoms in total. The number of rotatable bonds is 10. The third kappa shape index (κ3) is 7.99. The molecular weight excluding hydrogens is 766 g/mol. The van der Waals surface area contributed by atoms with E-state index >= 15 is 4.39 Å². The lowest BCUT2D eigenvalue weighted by molar-refractivity contribution is -0.0892. The number of fused-ring (bicyclic) bond motifs is 1. The summed E-state index contributed by atoms with van der Waals surface area (Å²) in [6, 6.07) is 10.7. The molecule has 0 bridgehead atoms. The van der Waals surface area contributed by atoms with E-state index in [4.69, 9.17) is 32.7 Å². The number of pyridine rings is 2. The Morgan fingerprint density at radius 2 is 1.80 bits per heavy atom. The van der Waals surface area contributed by atoms with Crippen molar-refractivity contribution in [2.45, 2.75) is 68.6 Å². The van der Waals surface area contributed by atoms with Gasteiger partial charge in [0.1, 0.15) is 33.6 Å². The molecule has 294 valence electrons.